The van der Waals surface area contributed by atoms with E-state index in [0.717, 1.165) is 12.8 Å². The lowest BCUT2D eigenvalue weighted by Crippen LogP contribution is -2.32. The predicted molar refractivity (Wildman–Crippen MR) is 107 cm³/mol. The Morgan fingerprint density at radius 1 is 1.43 bits per heavy atom. The van der Waals surface area contributed by atoms with E-state index in [1.54, 1.807) is 17.5 Å². The fourth-order valence-corrected chi connectivity index (χ4v) is 5.72. The Labute approximate surface area is 168 Å². The molecule has 152 valence electrons. The van der Waals surface area contributed by atoms with Gasteiger partial charge in [-0.25, -0.2) is 22.6 Å². The third-order valence-corrected chi connectivity index (χ3v) is 7.30. The lowest BCUT2D eigenvalue weighted by Gasteiger charge is -2.22. The minimum atomic E-state index is -3.30. The van der Waals surface area contributed by atoms with Crippen molar-refractivity contribution in [3.63, 3.8) is 0 Å². The van der Waals surface area contributed by atoms with Gasteiger partial charge in [0.15, 0.2) is 5.13 Å². The van der Waals surface area contributed by atoms with E-state index in [-0.39, 0.29) is 24.2 Å². The van der Waals surface area contributed by atoms with Crippen LogP contribution in [0.3, 0.4) is 0 Å². The first-order chi connectivity index (χ1) is 13.4. The molecule has 2 aromatic rings. The zero-order chi connectivity index (χ0) is 20.1. The number of urea groups is 1. The molecule has 28 heavy (non-hydrogen) atoms. The summed E-state index contributed by atoms with van der Waals surface area (Å²) in [6.45, 7) is 2.53. The van der Waals surface area contributed by atoms with Crippen molar-refractivity contribution in [2.24, 2.45) is 0 Å². The van der Waals surface area contributed by atoms with Crippen LogP contribution in [0.1, 0.15) is 43.5 Å². The highest BCUT2D eigenvalue weighted by molar-refractivity contribution is 7.89. The van der Waals surface area contributed by atoms with Crippen LogP contribution in [0, 0.1) is 5.82 Å². The first-order valence-corrected chi connectivity index (χ1v) is 11.6. The quantitative estimate of drug-likeness (QED) is 0.709. The van der Waals surface area contributed by atoms with E-state index in [4.69, 9.17) is 0 Å². The second-order valence-electron chi connectivity index (χ2n) is 6.60. The highest BCUT2D eigenvalue weighted by atomic mass is 32.2. The van der Waals surface area contributed by atoms with Crippen molar-refractivity contribution < 1.29 is 17.6 Å². The van der Waals surface area contributed by atoms with E-state index >= 15 is 0 Å². The average molecular weight is 427 g/mol. The van der Waals surface area contributed by atoms with Gasteiger partial charge in [-0.3, -0.25) is 5.32 Å². The summed E-state index contributed by atoms with van der Waals surface area (Å²) in [7, 11) is -3.30. The SMILES string of the molecule is CCCS(=O)(=O)N1CCCC1c1csc(NC(=O)NCc2cccc(F)c2)n1. The molecule has 1 aromatic heterocycles. The summed E-state index contributed by atoms with van der Waals surface area (Å²) in [6, 6.07) is 5.26. The largest absolute Gasteiger partial charge is 0.334 e. The third kappa shape index (κ3) is 5.06. The lowest BCUT2D eigenvalue weighted by atomic mass is 10.2. The van der Waals surface area contributed by atoms with Crippen LogP contribution >= 0.6 is 11.3 Å². The summed E-state index contributed by atoms with van der Waals surface area (Å²) in [4.78, 5) is 16.5. The number of hydrogen-bond acceptors (Lipinski definition) is 5. The van der Waals surface area contributed by atoms with Crippen molar-refractivity contribution in [2.75, 3.05) is 17.6 Å². The molecule has 1 aromatic carbocycles. The second kappa shape index (κ2) is 8.97. The number of amides is 2. The van der Waals surface area contributed by atoms with Gasteiger partial charge in [0.05, 0.1) is 17.5 Å². The maximum Gasteiger partial charge on any atom is 0.321 e. The molecule has 1 fully saturated rings. The molecule has 0 spiro atoms. The molecule has 1 aliphatic heterocycles. The van der Waals surface area contributed by atoms with Gasteiger partial charge in [0.1, 0.15) is 5.82 Å². The van der Waals surface area contributed by atoms with Crippen molar-refractivity contribution in [1.82, 2.24) is 14.6 Å². The number of sulfonamides is 1. The topological polar surface area (TPSA) is 91.4 Å². The van der Waals surface area contributed by atoms with E-state index in [1.807, 2.05) is 6.92 Å². The maximum atomic E-state index is 13.2. The van der Waals surface area contributed by atoms with Gasteiger partial charge in [0.25, 0.3) is 0 Å². The van der Waals surface area contributed by atoms with E-state index < -0.39 is 16.1 Å². The van der Waals surface area contributed by atoms with E-state index in [9.17, 15) is 17.6 Å². The number of carbonyl (C=O) groups is 1. The Morgan fingerprint density at radius 3 is 3.00 bits per heavy atom. The van der Waals surface area contributed by atoms with Crippen LogP contribution in [0.15, 0.2) is 29.6 Å². The Balaban J connectivity index is 1.59. The molecule has 7 nitrogen and oxygen atoms in total. The molecular formula is C18H23FN4O3S2. The minimum Gasteiger partial charge on any atom is -0.334 e. The Kier molecular flexibility index (Phi) is 6.63. The second-order valence-corrected chi connectivity index (χ2v) is 9.50. The Bertz CT molecular complexity index is 932. The fourth-order valence-electron chi connectivity index (χ4n) is 3.21. The van der Waals surface area contributed by atoms with Crippen LogP contribution in [0.25, 0.3) is 0 Å². The smallest absolute Gasteiger partial charge is 0.321 e. The molecule has 1 unspecified atom stereocenters. The third-order valence-electron chi connectivity index (χ3n) is 4.45. The summed E-state index contributed by atoms with van der Waals surface area (Å²) in [6.07, 6.45) is 2.08. The molecule has 2 amide bonds. The lowest BCUT2D eigenvalue weighted by molar-refractivity contribution is 0.251. The molecule has 2 heterocycles. The number of aromatic nitrogens is 1. The monoisotopic (exact) mass is 426 g/mol. The normalized spacial score (nSPS) is 17.6. The van der Waals surface area contributed by atoms with Crippen molar-refractivity contribution in [3.8, 4) is 0 Å². The summed E-state index contributed by atoms with van der Waals surface area (Å²) >= 11 is 1.25. The zero-order valence-electron chi connectivity index (χ0n) is 15.5. The summed E-state index contributed by atoms with van der Waals surface area (Å²) in [5.74, 6) is -0.232. The van der Waals surface area contributed by atoms with Crippen molar-refractivity contribution in [2.45, 2.75) is 38.8 Å². The number of carbonyl (C=O) groups excluding carboxylic acids is 1. The molecule has 10 heteroatoms. The van der Waals surface area contributed by atoms with Crippen molar-refractivity contribution in [1.29, 1.82) is 0 Å². The fraction of sp³-hybridized carbons (Fsp3) is 0.444. The number of anilines is 1. The summed E-state index contributed by atoms with van der Waals surface area (Å²) in [5, 5.41) is 7.47. The zero-order valence-corrected chi connectivity index (χ0v) is 17.2. The van der Waals surface area contributed by atoms with Gasteiger partial charge in [0.2, 0.25) is 10.0 Å². The molecule has 0 aliphatic carbocycles. The molecule has 1 atom stereocenters. The van der Waals surface area contributed by atoms with Crippen LogP contribution in [-0.4, -0.2) is 36.0 Å². The molecule has 1 saturated heterocycles. The first kappa shape index (κ1) is 20.7. The van der Waals surface area contributed by atoms with E-state index in [2.05, 4.69) is 15.6 Å². The van der Waals surface area contributed by atoms with Crippen molar-refractivity contribution in [3.05, 3.63) is 46.7 Å². The van der Waals surface area contributed by atoms with Gasteiger partial charge in [0, 0.05) is 18.5 Å². The molecular weight excluding hydrogens is 403 g/mol. The Hall–Kier alpha value is -2.04. The number of thiazole rings is 1. The summed E-state index contributed by atoms with van der Waals surface area (Å²) < 4.78 is 39.6. The number of nitrogens with zero attached hydrogens (tertiary/aromatic N) is 2. The Morgan fingerprint density at radius 2 is 2.25 bits per heavy atom. The number of rotatable bonds is 7. The van der Waals surface area contributed by atoms with Crippen LogP contribution in [0.4, 0.5) is 14.3 Å². The number of hydrogen-bond donors (Lipinski definition) is 2. The van der Waals surface area contributed by atoms with Crippen LogP contribution in [-0.2, 0) is 16.6 Å². The standard InChI is InChI=1S/C18H23FN4O3S2/c1-2-9-28(25,26)23-8-4-7-16(23)15-12-27-18(21-15)22-17(24)20-11-13-5-3-6-14(19)10-13/h3,5-6,10,12,16H,2,4,7-9,11H2,1H3,(H2,20,21,22,24). The average Bonchev–Trinajstić information content (AvgIpc) is 3.29. The van der Waals surface area contributed by atoms with Gasteiger partial charge in [-0.1, -0.05) is 19.1 Å². The first-order valence-electron chi connectivity index (χ1n) is 9.13. The van der Waals surface area contributed by atoms with Gasteiger partial charge >= 0.3 is 6.03 Å². The number of halogens is 1. The van der Waals surface area contributed by atoms with Crippen LogP contribution in [0.5, 0.6) is 0 Å². The number of nitrogens with one attached hydrogen (secondary N) is 2. The molecule has 2 N–H and O–H groups in total. The van der Waals surface area contributed by atoms with E-state index in [0.29, 0.717) is 29.4 Å². The van der Waals surface area contributed by atoms with Gasteiger partial charge in [-0.2, -0.15) is 4.31 Å². The molecule has 0 bridgehead atoms. The molecule has 0 saturated carbocycles. The van der Waals surface area contributed by atoms with Crippen LogP contribution in [0.2, 0.25) is 0 Å². The van der Waals surface area contributed by atoms with Gasteiger partial charge in [-0.15, -0.1) is 11.3 Å². The molecule has 0 radical (unpaired) electrons. The summed E-state index contributed by atoms with van der Waals surface area (Å²) in [5.41, 5.74) is 1.31. The highest BCUT2D eigenvalue weighted by Gasteiger charge is 2.35. The van der Waals surface area contributed by atoms with Crippen molar-refractivity contribution >= 4 is 32.5 Å². The molecule has 1 aliphatic rings. The van der Waals surface area contributed by atoms with Crippen LogP contribution < -0.4 is 10.6 Å². The van der Waals surface area contributed by atoms with E-state index in [1.165, 1.54) is 27.8 Å². The maximum absolute atomic E-state index is 13.2. The van der Waals surface area contributed by atoms with Gasteiger partial charge in [-0.05, 0) is 37.0 Å². The highest BCUT2D eigenvalue weighted by Crippen LogP contribution is 2.35. The minimum absolute atomic E-state index is 0.126. The van der Waals surface area contributed by atoms with Gasteiger partial charge < -0.3 is 5.32 Å². The predicted octanol–water partition coefficient (Wildman–Crippen LogP) is 3.48. The number of benzene rings is 1. The molecule has 3 rings (SSSR count).